The second-order valence-electron chi connectivity index (χ2n) is 5.89. The maximum absolute atomic E-state index is 6.03. The highest BCUT2D eigenvalue weighted by molar-refractivity contribution is 6.17. The molecule has 2 heterocycles. The van der Waals surface area contributed by atoms with Crippen LogP contribution in [-0.2, 0) is 12.3 Å². The summed E-state index contributed by atoms with van der Waals surface area (Å²) in [4.78, 5) is 7.31. The van der Waals surface area contributed by atoms with Crippen LogP contribution in [0.25, 0.3) is 0 Å². The fourth-order valence-corrected chi connectivity index (χ4v) is 3.00. The number of aryl methyl sites for hydroxylation is 1. The molecular formula is C16H25ClN2. The lowest BCUT2D eigenvalue weighted by atomic mass is 9.95. The summed E-state index contributed by atoms with van der Waals surface area (Å²) in [6, 6.07) is 4.91. The van der Waals surface area contributed by atoms with Gasteiger partial charge < -0.3 is 4.90 Å². The molecule has 19 heavy (non-hydrogen) atoms. The molecule has 0 radical (unpaired) electrons. The minimum Gasteiger partial charge on any atom is -0.354 e. The Morgan fingerprint density at radius 3 is 2.79 bits per heavy atom. The Labute approximate surface area is 122 Å². The van der Waals surface area contributed by atoms with Crippen LogP contribution in [0.2, 0.25) is 0 Å². The SMILES string of the molecule is CCCc1cc(CCl)cc(N2CC(C)CCC2C)n1. The fourth-order valence-electron chi connectivity index (χ4n) is 2.85. The molecule has 1 aromatic heterocycles. The molecule has 1 aliphatic heterocycles. The van der Waals surface area contributed by atoms with Gasteiger partial charge in [-0.2, -0.15) is 0 Å². The topological polar surface area (TPSA) is 16.1 Å². The molecule has 0 N–H and O–H groups in total. The zero-order valence-electron chi connectivity index (χ0n) is 12.3. The molecule has 0 aliphatic carbocycles. The number of aromatic nitrogens is 1. The van der Waals surface area contributed by atoms with Crippen LogP contribution in [0.3, 0.4) is 0 Å². The molecule has 1 fully saturated rings. The Hall–Kier alpha value is -0.760. The molecule has 2 nitrogen and oxygen atoms in total. The fraction of sp³-hybridized carbons (Fsp3) is 0.688. The van der Waals surface area contributed by atoms with Gasteiger partial charge in [-0.15, -0.1) is 11.6 Å². The van der Waals surface area contributed by atoms with Crippen LogP contribution in [0.4, 0.5) is 5.82 Å². The van der Waals surface area contributed by atoms with Crippen LogP contribution in [0.1, 0.15) is 51.3 Å². The van der Waals surface area contributed by atoms with E-state index in [0.717, 1.165) is 31.1 Å². The molecule has 1 aliphatic rings. The van der Waals surface area contributed by atoms with E-state index in [9.17, 15) is 0 Å². The van der Waals surface area contributed by atoms with Gasteiger partial charge in [-0.3, -0.25) is 0 Å². The van der Waals surface area contributed by atoms with Crippen molar-refractivity contribution in [1.29, 1.82) is 0 Å². The Balaban J connectivity index is 2.28. The van der Waals surface area contributed by atoms with E-state index in [0.29, 0.717) is 11.9 Å². The Bertz CT molecular complexity index is 419. The third kappa shape index (κ3) is 3.62. The smallest absolute Gasteiger partial charge is 0.129 e. The first-order chi connectivity index (χ1) is 9.13. The minimum atomic E-state index is 0.573. The van der Waals surface area contributed by atoms with E-state index in [2.05, 4.69) is 37.8 Å². The molecular weight excluding hydrogens is 256 g/mol. The molecule has 0 saturated carbocycles. The van der Waals surface area contributed by atoms with E-state index in [1.807, 2.05) is 0 Å². The van der Waals surface area contributed by atoms with Crippen molar-refractivity contribution in [3.05, 3.63) is 23.4 Å². The molecule has 106 valence electrons. The predicted molar refractivity (Wildman–Crippen MR) is 83.0 cm³/mol. The van der Waals surface area contributed by atoms with E-state index < -0.39 is 0 Å². The lowest BCUT2D eigenvalue weighted by molar-refractivity contribution is 0.388. The highest BCUT2D eigenvalue weighted by Crippen LogP contribution is 2.27. The normalized spacial score (nSPS) is 23.7. The van der Waals surface area contributed by atoms with Crippen LogP contribution in [-0.4, -0.2) is 17.6 Å². The quantitative estimate of drug-likeness (QED) is 0.760. The van der Waals surface area contributed by atoms with Gasteiger partial charge >= 0.3 is 0 Å². The summed E-state index contributed by atoms with van der Waals surface area (Å²) in [5.74, 6) is 2.46. The number of halogens is 1. The summed E-state index contributed by atoms with van der Waals surface area (Å²) in [5, 5.41) is 0. The van der Waals surface area contributed by atoms with Crippen molar-refractivity contribution in [2.75, 3.05) is 11.4 Å². The van der Waals surface area contributed by atoms with Crippen LogP contribution in [0, 0.1) is 5.92 Å². The van der Waals surface area contributed by atoms with Crippen molar-refractivity contribution >= 4 is 17.4 Å². The molecule has 3 heteroatoms. The Morgan fingerprint density at radius 1 is 1.32 bits per heavy atom. The Kier molecular flexibility index (Phi) is 5.09. The summed E-state index contributed by atoms with van der Waals surface area (Å²) < 4.78 is 0. The maximum atomic E-state index is 6.03. The molecule has 0 spiro atoms. The van der Waals surface area contributed by atoms with E-state index in [4.69, 9.17) is 16.6 Å². The summed E-state index contributed by atoms with van der Waals surface area (Å²) in [6.45, 7) is 7.95. The molecule has 0 amide bonds. The Morgan fingerprint density at radius 2 is 2.11 bits per heavy atom. The van der Waals surface area contributed by atoms with Crippen LogP contribution in [0.15, 0.2) is 12.1 Å². The van der Waals surface area contributed by atoms with Gasteiger partial charge in [-0.25, -0.2) is 4.98 Å². The number of rotatable bonds is 4. The third-order valence-corrected chi connectivity index (χ3v) is 4.31. The first-order valence-corrected chi connectivity index (χ1v) is 8.00. The van der Waals surface area contributed by atoms with Gasteiger partial charge in [0.15, 0.2) is 0 Å². The van der Waals surface area contributed by atoms with Gasteiger partial charge in [0.1, 0.15) is 5.82 Å². The zero-order valence-corrected chi connectivity index (χ0v) is 13.1. The second kappa shape index (κ2) is 6.60. The highest BCUT2D eigenvalue weighted by atomic mass is 35.5. The van der Waals surface area contributed by atoms with E-state index in [1.54, 1.807) is 0 Å². The third-order valence-electron chi connectivity index (χ3n) is 4.00. The number of nitrogens with zero attached hydrogens (tertiary/aromatic N) is 2. The number of pyridine rings is 1. The van der Waals surface area contributed by atoms with Crippen LogP contribution >= 0.6 is 11.6 Å². The van der Waals surface area contributed by atoms with Crippen molar-refractivity contribution in [2.24, 2.45) is 5.92 Å². The van der Waals surface area contributed by atoms with E-state index in [-0.39, 0.29) is 0 Å². The van der Waals surface area contributed by atoms with Gasteiger partial charge in [-0.05, 0) is 49.8 Å². The second-order valence-corrected chi connectivity index (χ2v) is 6.16. The summed E-state index contributed by atoms with van der Waals surface area (Å²) in [7, 11) is 0. The van der Waals surface area contributed by atoms with Crippen LogP contribution in [0.5, 0.6) is 0 Å². The molecule has 2 unspecified atom stereocenters. The van der Waals surface area contributed by atoms with Crippen molar-refractivity contribution in [3.63, 3.8) is 0 Å². The summed E-state index contributed by atoms with van der Waals surface area (Å²) in [5.41, 5.74) is 2.38. The van der Waals surface area contributed by atoms with Gasteiger partial charge in [0, 0.05) is 24.2 Å². The van der Waals surface area contributed by atoms with Gasteiger partial charge in [0.05, 0.1) is 0 Å². The number of piperidine rings is 1. The maximum Gasteiger partial charge on any atom is 0.129 e. The number of anilines is 1. The van der Waals surface area contributed by atoms with Crippen molar-refractivity contribution < 1.29 is 0 Å². The minimum absolute atomic E-state index is 0.573. The molecule has 0 bridgehead atoms. The largest absolute Gasteiger partial charge is 0.354 e. The van der Waals surface area contributed by atoms with Crippen molar-refractivity contribution in [2.45, 2.75) is 58.4 Å². The first-order valence-electron chi connectivity index (χ1n) is 7.46. The number of hydrogen-bond acceptors (Lipinski definition) is 2. The van der Waals surface area contributed by atoms with Gasteiger partial charge in [0.2, 0.25) is 0 Å². The lowest BCUT2D eigenvalue weighted by Gasteiger charge is -2.38. The average Bonchev–Trinajstić information content (AvgIpc) is 2.41. The van der Waals surface area contributed by atoms with Crippen LogP contribution < -0.4 is 4.90 Å². The van der Waals surface area contributed by atoms with Crippen molar-refractivity contribution in [1.82, 2.24) is 4.98 Å². The van der Waals surface area contributed by atoms with E-state index >= 15 is 0 Å². The molecule has 1 saturated heterocycles. The number of alkyl halides is 1. The molecule has 0 aromatic carbocycles. The monoisotopic (exact) mass is 280 g/mol. The predicted octanol–water partition coefficient (Wildman–Crippen LogP) is 4.40. The molecule has 2 rings (SSSR count). The van der Waals surface area contributed by atoms with Gasteiger partial charge in [0.25, 0.3) is 0 Å². The first kappa shape index (κ1) is 14.6. The highest BCUT2D eigenvalue weighted by Gasteiger charge is 2.24. The van der Waals surface area contributed by atoms with E-state index in [1.165, 1.54) is 24.1 Å². The summed E-state index contributed by atoms with van der Waals surface area (Å²) >= 11 is 6.03. The average molecular weight is 281 g/mol. The summed E-state index contributed by atoms with van der Waals surface area (Å²) in [6.07, 6.45) is 4.76. The number of hydrogen-bond donors (Lipinski definition) is 0. The van der Waals surface area contributed by atoms with Gasteiger partial charge in [-0.1, -0.05) is 20.3 Å². The van der Waals surface area contributed by atoms with Crippen molar-refractivity contribution in [3.8, 4) is 0 Å². The molecule has 1 aromatic rings. The standard InChI is InChI=1S/C16H25ClN2/c1-4-5-15-8-14(10-17)9-16(18-15)19-11-12(2)6-7-13(19)3/h8-9,12-13H,4-7,10-11H2,1-3H3. The zero-order chi connectivity index (χ0) is 13.8. The molecule has 2 atom stereocenters. The lowest BCUT2D eigenvalue weighted by Crippen LogP contribution is -2.41.